The van der Waals surface area contributed by atoms with Crippen molar-refractivity contribution in [3.05, 3.63) is 59.7 Å². The quantitative estimate of drug-likeness (QED) is 0.658. The summed E-state index contributed by atoms with van der Waals surface area (Å²) in [6.07, 6.45) is 0.457. The fourth-order valence-electron chi connectivity index (χ4n) is 2.72. The van der Waals surface area contributed by atoms with E-state index >= 15 is 0 Å². The number of anilines is 1. The average molecular weight is 404 g/mol. The lowest BCUT2D eigenvalue weighted by atomic mass is 10.0. The van der Waals surface area contributed by atoms with Gasteiger partial charge in [0.1, 0.15) is 6.04 Å². The van der Waals surface area contributed by atoms with Crippen LogP contribution in [0.2, 0.25) is 0 Å². The summed E-state index contributed by atoms with van der Waals surface area (Å²) in [5.41, 5.74) is 1.75. The second-order valence-corrected chi connectivity index (χ2v) is 8.59. The lowest BCUT2D eigenvalue weighted by Crippen LogP contribution is -2.44. The van der Waals surface area contributed by atoms with E-state index in [2.05, 4.69) is 10.6 Å². The van der Waals surface area contributed by atoms with Crippen LogP contribution in [0.15, 0.2) is 53.4 Å². The van der Waals surface area contributed by atoms with Crippen molar-refractivity contribution in [1.29, 1.82) is 0 Å². The standard InChI is InChI=1S/C20H25N3O4S/c1-13(2)12-18(23-19(24)17-7-5-4-6-14(17)3)20(25)22-15-8-10-16(11-9-15)28(21,26)27/h4-11,13,18H,12H2,1-3H3,(H,22,25)(H,23,24)(H2,21,26,27)/t18-/m0/s1. The van der Waals surface area contributed by atoms with Gasteiger partial charge in [0.25, 0.3) is 5.91 Å². The van der Waals surface area contributed by atoms with Gasteiger partial charge in [-0.2, -0.15) is 0 Å². The number of nitrogens with one attached hydrogen (secondary N) is 2. The topological polar surface area (TPSA) is 118 Å². The zero-order chi connectivity index (χ0) is 20.9. The molecule has 0 aliphatic heterocycles. The molecule has 0 heterocycles. The third-order valence-electron chi connectivity index (χ3n) is 4.17. The molecule has 0 fully saturated rings. The van der Waals surface area contributed by atoms with Crippen LogP contribution >= 0.6 is 0 Å². The van der Waals surface area contributed by atoms with Gasteiger partial charge in [0, 0.05) is 11.3 Å². The minimum Gasteiger partial charge on any atom is -0.340 e. The van der Waals surface area contributed by atoms with E-state index in [0.29, 0.717) is 17.7 Å². The zero-order valence-electron chi connectivity index (χ0n) is 16.1. The molecule has 1 atom stereocenters. The van der Waals surface area contributed by atoms with Crippen LogP contribution in [-0.2, 0) is 14.8 Å². The number of benzene rings is 2. The van der Waals surface area contributed by atoms with Crippen LogP contribution in [0.5, 0.6) is 0 Å². The first-order chi connectivity index (χ1) is 13.1. The van der Waals surface area contributed by atoms with Crippen molar-refractivity contribution < 1.29 is 18.0 Å². The highest BCUT2D eigenvalue weighted by Crippen LogP contribution is 2.15. The Morgan fingerprint density at radius 2 is 1.64 bits per heavy atom. The van der Waals surface area contributed by atoms with E-state index in [9.17, 15) is 18.0 Å². The second kappa shape index (κ2) is 8.99. The van der Waals surface area contributed by atoms with Gasteiger partial charge in [-0.25, -0.2) is 13.6 Å². The van der Waals surface area contributed by atoms with E-state index in [4.69, 9.17) is 5.14 Å². The van der Waals surface area contributed by atoms with Crippen molar-refractivity contribution in [3.8, 4) is 0 Å². The summed E-state index contributed by atoms with van der Waals surface area (Å²) in [5.74, 6) is -0.514. The van der Waals surface area contributed by atoms with Crippen LogP contribution < -0.4 is 15.8 Å². The summed E-state index contributed by atoms with van der Waals surface area (Å²) in [4.78, 5) is 25.3. The summed E-state index contributed by atoms with van der Waals surface area (Å²) in [5, 5.41) is 10.6. The molecule has 0 aliphatic carbocycles. The lowest BCUT2D eigenvalue weighted by Gasteiger charge is -2.21. The Bertz CT molecular complexity index is 954. The predicted molar refractivity (Wildman–Crippen MR) is 108 cm³/mol. The Morgan fingerprint density at radius 1 is 1.04 bits per heavy atom. The minimum absolute atomic E-state index is 0.0444. The molecule has 2 aromatic carbocycles. The smallest absolute Gasteiger partial charge is 0.252 e. The summed E-state index contributed by atoms with van der Waals surface area (Å²) in [6.45, 7) is 5.75. The number of primary sulfonamides is 1. The number of hydrogen-bond acceptors (Lipinski definition) is 4. The van der Waals surface area contributed by atoms with Gasteiger partial charge in [-0.1, -0.05) is 32.0 Å². The molecule has 28 heavy (non-hydrogen) atoms. The number of aryl methyl sites for hydroxylation is 1. The Hall–Kier alpha value is -2.71. The molecular weight excluding hydrogens is 378 g/mol. The van der Waals surface area contributed by atoms with E-state index in [1.807, 2.05) is 32.9 Å². The maximum absolute atomic E-state index is 12.7. The molecule has 0 saturated carbocycles. The van der Waals surface area contributed by atoms with Crippen LogP contribution in [0.1, 0.15) is 36.2 Å². The van der Waals surface area contributed by atoms with Crippen molar-refractivity contribution in [2.24, 2.45) is 11.1 Å². The third-order valence-corrected chi connectivity index (χ3v) is 5.10. The largest absolute Gasteiger partial charge is 0.340 e. The highest BCUT2D eigenvalue weighted by molar-refractivity contribution is 7.89. The van der Waals surface area contributed by atoms with E-state index in [-0.39, 0.29) is 22.6 Å². The molecule has 0 aromatic heterocycles. The van der Waals surface area contributed by atoms with Gasteiger partial charge < -0.3 is 10.6 Å². The summed E-state index contributed by atoms with van der Waals surface area (Å²) in [7, 11) is -3.80. The number of carbonyl (C=O) groups is 2. The summed E-state index contributed by atoms with van der Waals surface area (Å²) < 4.78 is 22.6. The van der Waals surface area contributed by atoms with Gasteiger partial charge >= 0.3 is 0 Å². The summed E-state index contributed by atoms with van der Waals surface area (Å²) >= 11 is 0. The normalized spacial score (nSPS) is 12.5. The zero-order valence-corrected chi connectivity index (χ0v) is 16.9. The Balaban J connectivity index is 2.14. The van der Waals surface area contributed by atoms with Crippen LogP contribution in [0.4, 0.5) is 5.69 Å². The molecule has 0 saturated heterocycles. The highest BCUT2D eigenvalue weighted by Gasteiger charge is 2.23. The average Bonchev–Trinajstić information content (AvgIpc) is 2.60. The van der Waals surface area contributed by atoms with E-state index in [0.717, 1.165) is 5.56 Å². The molecule has 2 rings (SSSR count). The Morgan fingerprint density at radius 3 is 2.18 bits per heavy atom. The molecule has 8 heteroatoms. The Labute approximate surface area is 165 Å². The first-order valence-electron chi connectivity index (χ1n) is 8.88. The van der Waals surface area contributed by atoms with Gasteiger partial charge in [-0.05, 0) is 55.2 Å². The van der Waals surface area contributed by atoms with Crippen LogP contribution in [0.25, 0.3) is 0 Å². The van der Waals surface area contributed by atoms with Crippen molar-refractivity contribution in [3.63, 3.8) is 0 Å². The lowest BCUT2D eigenvalue weighted by molar-refractivity contribution is -0.118. The molecule has 0 unspecified atom stereocenters. The van der Waals surface area contributed by atoms with Crippen LogP contribution in [-0.4, -0.2) is 26.3 Å². The van der Waals surface area contributed by atoms with E-state index in [1.165, 1.54) is 24.3 Å². The summed E-state index contributed by atoms with van der Waals surface area (Å²) in [6, 6.07) is 12.0. The SMILES string of the molecule is Cc1ccccc1C(=O)N[C@@H](CC(C)C)C(=O)Nc1ccc(S(N)(=O)=O)cc1. The number of sulfonamides is 1. The highest BCUT2D eigenvalue weighted by atomic mass is 32.2. The molecule has 0 spiro atoms. The fraction of sp³-hybridized carbons (Fsp3) is 0.300. The number of carbonyl (C=O) groups excluding carboxylic acids is 2. The van der Waals surface area contributed by atoms with Crippen LogP contribution in [0.3, 0.4) is 0 Å². The molecule has 150 valence electrons. The second-order valence-electron chi connectivity index (χ2n) is 7.03. The monoisotopic (exact) mass is 403 g/mol. The van der Waals surface area contributed by atoms with Gasteiger partial charge in [-0.15, -0.1) is 0 Å². The van der Waals surface area contributed by atoms with Gasteiger partial charge in [0.05, 0.1) is 4.90 Å². The van der Waals surface area contributed by atoms with Gasteiger partial charge in [-0.3, -0.25) is 9.59 Å². The first-order valence-corrected chi connectivity index (χ1v) is 10.4. The number of amides is 2. The first kappa shape index (κ1) is 21.6. The number of hydrogen-bond donors (Lipinski definition) is 3. The maximum Gasteiger partial charge on any atom is 0.252 e. The number of nitrogens with two attached hydrogens (primary N) is 1. The molecule has 0 aliphatic rings. The van der Waals surface area contributed by atoms with E-state index < -0.39 is 16.1 Å². The van der Waals surface area contributed by atoms with Crippen molar-refractivity contribution >= 4 is 27.5 Å². The number of rotatable bonds is 7. The van der Waals surface area contributed by atoms with Gasteiger partial charge in [0.15, 0.2) is 0 Å². The maximum atomic E-state index is 12.7. The Kier molecular flexibility index (Phi) is 6.93. The molecule has 0 radical (unpaired) electrons. The minimum atomic E-state index is -3.80. The van der Waals surface area contributed by atoms with Gasteiger partial charge in [0.2, 0.25) is 15.9 Å². The molecule has 7 nitrogen and oxygen atoms in total. The van der Waals surface area contributed by atoms with Crippen molar-refractivity contribution in [2.75, 3.05) is 5.32 Å². The molecule has 2 amide bonds. The third kappa shape index (κ3) is 5.90. The fourth-order valence-corrected chi connectivity index (χ4v) is 3.24. The molecule has 0 bridgehead atoms. The molecule has 4 N–H and O–H groups in total. The van der Waals surface area contributed by atoms with E-state index in [1.54, 1.807) is 12.1 Å². The van der Waals surface area contributed by atoms with Crippen molar-refractivity contribution in [1.82, 2.24) is 5.32 Å². The van der Waals surface area contributed by atoms with Crippen molar-refractivity contribution in [2.45, 2.75) is 38.1 Å². The molecular formula is C20H25N3O4S. The predicted octanol–water partition coefficient (Wildman–Crippen LogP) is 2.43. The van der Waals surface area contributed by atoms with Crippen LogP contribution in [0, 0.1) is 12.8 Å². The molecule has 2 aromatic rings.